The zero-order valence-corrected chi connectivity index (χ0v) is 13.0. The average Bonchev–Trinajstić information content (AvgIpc) is 3.04. The van der Waals surface area contributed by atoms with Crippen molar-refractivity contribution in [3.05, 3.63) is 70.5 Å². The van der Waals surface area contributed by atoms with Crippen LogP contribution in [0.15, 0.2) is 59.3 Å². The smallest absolute Gasteiger partial charge is 0.248 e. The monoisotopic (exact) mass is 354 g/mol. The van der Waals surface area contributed by atoms with Gasteiger partial charge in [0.15, 0.2) is 0 Å². The van der Waals surface area contributed by atoms with Gasteiger partial charge in [-0.15, -0.1) is 0 Å². The van der Waals surface area contributed by atoms with Crippen LogP contribution in [0.25, 0.3) is 5.70 Å². The van der Waals surface area contributed by atoms with Crippen molar-refractivity contribution >= 4 is 27.6 Å². The van der Waals surface area contributed by atoms with E-state index in [0.717, 1.165) is 21.3 Å². The van der Waals surface area contributed by atoms with Crippen LogP contribution in [0.3, 0.4) is 0 Å². The van der Waals surface area contributed by atoms with Crippen LogP contribution in [0.1, 0.15) is 17.2 Å². The molecular formula is C15H11BrN6. The number of fused-ring (bicyclic) bond motifs is 1. The predicted molar refractivity (Wildman–Crippen MR) is 85.9 cm³/mol. The molecule has 0 radical (unpaired) electrons. The fourth-order valence-corrected chi connectivity index (χ4v) is 2.71. The zero-order valence-electron chi connectivity index (χ0n) is 11.4. The standard InChI is InChI=1S/C15H11BrN6/c16-12-5-3-10(4-6-12)14-8-13(11-2-1-7-17-9-11)18-15-19-20-21-22(14)15/h1-9,14H,(H,18,19,21). The SMILES string of the molecule is Brc1ccc(C2C=C(c3cccnc3)Nc3nnnn32)cc1. The van der Waals surface area contributed by atoms with Gasteiger partial charge < -0.3 is 5.32 Å². The van der Waals surface area contributed by atoms with Crippen LogP contribution in [0.4, 0.5) is 5.95 Å². The summed E-state index contributed by atoms with van der Waals surface area (Å²) in [4.78, 5) is 4.17. The number of pyridine rings is 1. The van der Waals surface area contributed by atoms with E-state index in [-0.39, 0.29) is 6.04 Å². The zero-order chi connectivity index (χ0) is 14.9. The first-order chi connectivity index (χ1) is 10.8. The Morgan fingerprint density at radius 3 is 2.77 bits per heavy atom. The molecule has 1 unspecified atom stereocenters. The molecule has 1 N–H and O–H groups in total. The van der Waals surface area contributed by atoms with Gasteiger partial charge in [0.2, 0.25) is 5.95 Å². The van der Waals surface area contributed by atoms with Crippen molar-refractivity contribution in [2.24, 2.45) is 0 Å². The fraction of sp³-hybridized carbons (Fsp3) is 0.0667. The number of tetrazole rings is 1. The lowest BCUT2D eigenvalue weighted by Crippen LogP contribution is -2.20. The van der Waals surface area contributed by atoms with Gasteiger partial charge in [-0.1, -0.05) is 33.2 Å². The van der Waals surface area contributed by atoms with Crippen LogP contribution in [-0.2, 0) is 0 Å². The van der Waals surface area contributed by atoms with Crippen molar-refractivity contribution in [1.29, 1.82) is 0 Å². The fourth-order valence-electron chi connectivity index (χ4n) is 2.44. The second kappa shape index (κ2) is 5.34. The van der Waals surface area contributed by atoms with Crippen LogP contribution in [0.5, 0.6) is 0 Å². The summed E-state index contributed by atoms with van der Waals surface area (Å²) in [5.41, 5.74) is 3.06. The van der Waals surface area contributed by atoms with Crippen LogP contribution in [0.2, 0.25) is 0 Å². The number of rotatable bonds is 2. The molecule has 6 nitrogen and oxygen atoms in total. The first-order valence-electron chi connectivity index (χ1n) is 6.74. The van der Waals surface area contributed by atoms with Gasteiger partial charge in [-0.05, 0) is 46.3 Å². The number of halogens is 1. The van der Waals surface area contributed by atoms with Gasteiger partial charge >= 0.3 is 0 Å². The van der Waals surface area contributed by atoms with Crippen molar-refractivity contribution in [3.8, 4) is 0 Å². The Kier molecular flexibility index (Phi) is 3.19. The molecule has 2 aromatic heterocycles. The number of nitrogens with one attached hydrogen (secondary N) is 1. The summed E-state index contributed by atoms with van der Waals surface area (Å²) in [5, 5.41) is 15.1. The quantitative estimate of drug-likeness (QED) is 0.766. The molecule has 1 aromatic carbocycles. The highest BCUT2D eigenvalue weighted by atomic mass is 79.9. The number of hydrogen-bond donors (Lipinski definition) is 1. The van der Waals surface area contributed by atoms with Gasteiger partial charge in [0.25, 0.3) is 0 Å². The van der Waals surface area contributed by atoms with Gasteiger partial charge in [0.1, 0.15) is 6.04 Å². The molecule has 7 heteroatoms. The van der Waals surface area contributed by atoms with Crippen LogP contribution >= 0.6 is 15.9 Å². The lowest BCUT2D eigenvalue weighted by atomic mass is 10.0. The normalized spacial score (nSPS) is 16.6. The third-order valence-corrected chi connectivity index (χ3v) is 4.04. The summed E-state index contributed by atoms with van der Waals surface area (Å²) in [5.74, 6) is 0.620. The lowest BCUT2D eigenvalue weighted by Gasteiger charge is -2.23. The number of aromatic nitrogens is 5. The molecule has 0 spiro atoms. The summed E-state index contributed by atoms with van der Waals surface area (Å²) in [6.07, 6.45) is 5.67. The van der Waals surface area contributed by atoms with Crippen LogP contribution in [0, 0.1) is 0 Å². The Morgan fingerprint density at radius 1 is 1.14 bits per heavy atom. The maximum atomic E-state index is 4.17. The highest BCUT2D eigenvalue weighted by Crippen LogP contribution is 2.31. The third-order valence-electron chi connectivity index (χ3n) is 3.51. The molecule has 0 saturated carbocycles. The molecule has 1 aliphatic rings. The molecular weight excluding hydrogens is 344 g/mol. The highest BCUT2D eigenvalue weighted by molar-refractivity contribution is 9.10. The molecule has 22 heavy (non-hydrogen) atoms. The van der Waals surface area contributed by atoms with E-state index < -0.39 is 0 Å². The predicted octanol–water partition coefficient (Wildman–Crippen LogP) is 2.89. The van der Waals surface area contributed by atoms with E-state index in [9.17, 15) is 0 Å². The van der Waals surface area contributed by atoms with E-state index in [0.29, 0.717) is 5.95 Å². The average molecular weight is 355 g/mol. The number of nitrogens with zero attached hydrogens (tertiary/aromatic N) is 5. The Labute approximate surface area is 135 Å². The molecule has 1 atom stereocenters. The Balaban J connectivity index is 1.81. The molecule has 0 saturated heterocycles. The molecule has 3 heterocycles. The second-order valence-corrected chi connectivity index (χ2v) is 5.81. The Bertz CT molecular complexity index is 825. The van der Waals surface area contributed by atoms with Crippen molar-refractivity contribution in [3.63, 3.8) is 0 Å². The van der Waals surface area contributed by atoms with Gasteiger partial charge in [-0.3, -0.25) is 4.98 Å². The molecule has 0 fully saturated rings. The van der Waals surface area contributed by atoms with Gasteiger partial charge in [-0.2, -0.15) is 4.68 Å². The molecule has 1 aliphatic heterocycles. The van der Waals surface area contributed by atoms with Gasteiger partial charge in [0, 0.05) is 28.1 Å². The summed E-state index contributed by atoms with van der Waals surface area (Å²) >= 11 is 3.46. The number of anilines is 1. The summed E-state index contributed by atoms with van der Waals surface area (Å²) < 4.78 is 2.81. The van der Waals surface area contributed by atoms with E-state index >= 15 is 0 Å². The number of hydrogen-bond acceptors (Lipinski definition) is 5. The third kappa shape index (κ3) is 2.29. The first-order valence-corrected chi connectivity index (χ1v) is 7.53. The number of benzene rings is 1. The lowest BCUT2D eigenvalue weighted by molar-refractivity contribution is 0.586. The maximum absolute atomic E-state index is 4.17. The maximum Gasteiger partial charge on any atom is 0.248 e. The molecule has 0 amide bonds. The van der Waals surface area contributed by atoms with Crippen molar-refractivity contribution in [2.75, 3.05) is 5.32 Å². The molecule has 0 bridgehead atoms. The van der Waals surface area contributed by atoms with Gasteiger partial charge in [0.05, 0.1) is 0 Å². The van der Waals surface area contributed by atoms with E-state index in [4.69, 9.17) is 0 Å². The minimum atomic E-state index is -0.0606. The molecule has 108 valence electrons. The van der Waals surface area contributed by atoms with Gasteiger partial charge in [-0.25, -0.2) is 0 Å². The summed E-state index contributed by atoms with van der Waals surface area (Å²) in [7, 11) is 0. The van der Waals surface area contributed by atoms with Crippen molar-refractivity contribution in [1.82, 2.24) is 25.2 Å². The van der Waals surface area contributed by atoms with Crippen molar-refractivity contribution in [2.45, 2.75) is 6.04 Å². The largest absolute Gasteiger partial charge is 0.323 e. The highest BCUT2D eigenvalue weighted by Gasteiger charge is 2.24. The summed E-state index contributed by atoms with van der Waals surface area (Å²) in [6.45, 7) is 0. The minimum Gasteiger partial charge on any atom is -0.323 e. The molecule has 0 aliphatic carbocycles. The van der Waals surface area contributed by atoms with E-state index in [1.54, 1.807) is 10.9 Å². The Morgan fingerprint density at radius 2 is 2.00 bits per heavy atom. The first kappa shape index (κ1) is 13.1. The van der Waals surface area contributed by atoms with E-state index in [1.165, 1.54) is 0 Å². The van der Waals surface area contributed by atoms with Crippen LogP contribution in [-0.4, -0.2) is 25.2 Å². The molecule has 4 rings (SSSR count). The Hall–Kier alpha value is -2.54. The minimum absolute atomic E-state index is 0.0606. The van der Waals surface area contributed by atoms with E-state index in [2.05, 4.69) is 60.0 Å². The molecule has 3 aromatic rings. The van der Waals surface area contributed by atoms with Crippen molar-refractivity contribution < 1.29 is 0 Å². The summed E-state index contributed by atoms with van der Waals surface area (Å²) in [6, 6.07) is 12.0. The second-order valence-electron chi connectivity index (χ2n) is 4.89. The van der Waals surface area contributed by atoms with Crippen LogP contribution < -0.4 is 5.32 Å². The van der Waals surface area contributed by atoms with E-state index in [1.807, 2.05) is 30.5 Å². The number of allylic oxidation sites excluding steroid dienone is 1. The topological polar surface area (TPSA) is 68.5 Å².